The summed E-state index contributed by atoms with van der Waals surface area (Å²) in [6.07, 6.45) is -4.60. The Balaban J connectivity index is 3.11. The van der Waals surface area contributed by atoms with Gasteiger partial charge in [0.2, 0.25) is 0 Å². The van der Waals surface area contributed by atoms with Crippen molar-refractivity contribution in [2.75, 3.05) is 6.61 Å². The number of hydrogen-bond donors (Lipinski definition) is 0. The van der Waals surface area contributed by atoms with E-state index in [0.717, 1.165) is 20.8 Å². The van der Waals surface area contributed by atoms with Crippen molar-refractivity contribution in [2.24, 2.45) is 0 Å². The van der Waals surface area contributed by atoms with Gasteiger partial charge in [-0.15, -0.1) is 0 Å². The summed E-state index contributed by atoms with van der Waals surface area (Å²) in [7, 11) is 0. The average molecular weight is 367 g/mol. The van der Waals surface area contributed by atoms with E-state index in [0.29, 0.717) is 0 Å². The van der Waals surface area contributed by atoms with Gasteiger partial charge in [-0.1, -0.05) is 11.6 Å². The first-order valence-corrected chi connectivity index (χ1v) is 7.50. The van der Waals surface area contributed by atoms with Crippen molar-refractivity contribution >= 4 is 35.5 Å². The van der Waals surface area contributed by atoms with Gasteiger partial charge in [0, 0.05) is 27.7 Å². The molecular weight excluding hydrogens is 348 g/mol. The van der Waals surface area contributed by atoms with Gasteiger partial charge in [0.1, 0.15) is 12.7 Å². The van der Waals surface area contributed by atoms with Crippen LogP contribution in [-0.4, -0.2) is 60.5 Å². The van der Waals surface area contributed by atoms with Crippen molar-refractivity contribution in [2.45, 2.75) is 57.7 Å². The molecule has 9 nitrogen and oxygen atoms in total. The third kappa shape index (κ3) is 5.97. The van der Waals surface area contributed by atoms with Crippen LogP contribution in [0.25, 0.3) is 0 Å². The zero-order valence-corrected chi connectivity index (χ0v) is 14.4. The second-order valence-electron chi connectivity index (χ2n) is 5.05. The number of esters is 4. The maximum atomic E-state index is 11.4. The van der Waals surface area contributed by atoms with E-state index in [1.165, 1.54) is 6.92 Å². The Kier molecular flexibility index (Phi) is 7.43. The monoisotopic (exact) mass is 366 g/mol. The van der Waals surface area contributed by atoms with Crippen LogP contribution in [0.1, 0.15) is 27.7 Å². The normalized spacial score (nSPS) is 29.3. The van der Waals surface area contributed by atoms with Crippen molar-refractivity contribution in [3.8, 4) is 0 Å². The van der Waals surface area contributed by atoms with E-state index in [4.69, 9.17) is 35.3 Å². The molecule has 1 rings (SSSR count). The molecule has 1 aliphatic rings. The number of carbonyl (C=O) groups excluding carboxylic acids is 4. The molecular formula is C14H19ClO9. The zero-order chi connectivity index (χ0) is 18.4. The van der Waals surface area contributed by atoms with E-state index in [-0.39, 0.29) is 6.61 Å². The van der Waals surface area contributed by atoms with Crippen LogP contribution in [0.2, 0.25) is 0 Å². The topological polar surface area (TPSA) is 114 Å². The molecule has 0 bridgehead atoms. The van der Waals surface area contributed by atoms with Crippen LogP contribution in [0.3, 0.4) is 0 Å². The third-order valence-electron chi connectivity index (χ3n) is 2.93. The van der Waals surface area contributed by atoms with Crippen LogP contribution in [0, 0.1) is 0 Å². The summed E-state index contributed by atoms with van der Waals surface area (Å²) in [5, 5.41) is 0. The standard InChI is InChI=1S/C14H19ClO9/c1-6(16)20-5-10-11(21-7(2)17)12(22-8(3)18)13(14(15)24-10)23-9(4)19/h10-14H,5H2,1-4H3/t10?,11-,12?,13-,14+/m0/s1. The number of rotatable bonds is 5. The summed E-state index contributed by atoms with van der Waals surface area (Å²) in [5.74, 6) is -2.67. The molecule has 24 heavy (non-hydrogen) atoms. The van der Waals surface area contributed by atoms with Gasteiger partial charge in [-0.3, -0.25) is 19.2 Å². The zero-order valence-electron chi connectivity index (χ0n) is 13.6. The van der Waals surface area contributed by atoms with Crippen LogP contribution in [0.4, 0.5) is 0 Å². The third-order valence-corrected chi connectivity index (χ3v) is 3.29. The lowest BCUT2D eigenvalue weighted by molar-refractivity contribution is -0.238. The van der Waals surface area contributed by atoms with E-state index >= 15 is 0 Å². The highest BCUT2D eigenvalue weighted by atomic mass is 35.5. The lowest BCUT2D eigenvalue weighted by atomic mass is 9.99. The molecule has 0 spiro atoms. The number of ether oxygens (including phenoxy) is 5. The Hall–Kier alpha value is -1.87. The van der Waals surface area contributed by atoms with E-state index < -0.39 is 53.9 Å². The van der Waals surface area contributed by atoms with E-state index in [2.05, 4.69) is 0 Å². The van der Waals surface area contributed by atoms with E-state index in [9.17, 15) is 19.2 Å². The first-order chi connectivity index (χ1) is 11.1. The number of carbonyl (C=O) groups is 4. The van der Waals surface area contributed by atoms with Gasteiger partial charge in [0.15, 0.2) is 23.9 Å². The molecule has 1 aliphatic heterocycles. The molecule has 0 aromatic carbocycles. The van der Waals surface area contributed by atoms with Crippen molar-refractivity contribution in [3.63, 3.8) is 0 Å². The molecule has 0 radical (unpaired) electrons. The van der Waals surface area contributed by atoms with Crippen molar-refractivity contribution in [1.29, 1.82) is 0 Å². The Morgan fingerprint density at radius 3 is 1.71 bits per heavy atom. The molecule has 0 N–H and O–H groups in total. The van der Waals surface area contributed by atoms with Crippen LogP contribution < -0.4 is 0 Å². The van der Waals surface area contributed by atoms with Crippen LogP contribution in [0.5, 0.6) is 0 Å². The first-order valence-electron chi connectivity index (χ1n) is 7.06. The van der Waals surface area contributed by atoms with Gasteiger partial charge in [-0.05, 0) is 0 Å². The molecule has 0 aromatic rings. The highest BCUT2D eigenvalue weighted by molar-refractivity contribution is 6.20. The van der Waals surface area contributed by atoms with Gasteiger partial charge in [-0.2, -0.15) is 0 Å². The molecule has 0 saturated carbocycles. The quantitative estimate of drug-likeness (QED) is 0.385. The number of halogens is 1. The largest absolute Gasteiger partial charge is 0.463 e. The van der Waals surface area contributed by atoms with Gasteiger partial charge in [-0.25, -0.2) is 0 Å². The number of hydrogen-bond acceptors (Lipinski definition) is 9. The SMILES string of the molecule is CC(=O)OCC1O[C@@H](Cl)[C@@H](OC(C)=O)C(OC(C)=O)[C@H]1OC(C)=O. The van der Waals surface area contributed by atoms with Crippen molar-refractivity contribution in [3.05, 3.63) is 0 Å². The Bertz CT molecular complexity index is 506. The fourth-order valence-corrected chi connectivity index (χ4v) is 2.50. The number of alkyl halides is 1. The highest BCUT2D eigenvalue weighted by Gasteiger charge is 2.51. The molecule has 136 valence electrons. The summed E-state index contributed by atoms with van der Waals surface area (Å²) in [4.78, 5) is 45.0. The van der Waals surface area contributed by atoms with Crippen LogP contribution >= 0.6 is 11.6 Å². The first kappa shape index (κ1) is 20.2. The fourth-order valence-electron chi connectivity index (χ4n) is 2.18. The minimum absolute atomic E-state index is 0.291. The van der Waals surface area contributed by atoms with Gasteiger partial charge < -0.3 is 23.7 Å². The lowest BCUT2D eigenvalue weighted by Gasteiger charge is -2.42. The summed E-state index contributed by atoms with van der Waals surface area (Å²) in [6, 6.07) is 0. The fraction of sp³-hybridized carbons (Fsp3) is 0.714. The maximum absolute atomic E-state index is 11.4. The molecule has 1 saturated heterocycles. The Morgan fingerprint density at radius 1 is 0.792 bits per heavy atom. The van der Waals surface area contributed by atoms with Crippen LogP contribution in [-0.2, 0) is 42.9 Å². The maximum Gasteiger partial charge on any atom is 0.303 e. The second kappa shape index (κ2) is 8.84. The minimum atomic E-state index is -1.22. The van der Waals surface area contributed by atoms with Gasteiger partial charge in [0.25, 0.3) is 0 Å². The molecule has 0 aromatic heterocycles. The minimum Gasteiger partial charge on any atom is -0.463 e. The molecule has 0 amide bonds. The molecule has 1 fully saturated rings. The average Bonchev–Trinajstić information content (AvgIpc) is 2.42. The molecule has 1 heterocycles. The molecule has 5 atom stereocenters. The van der Waals surface area contributed by atoms with Crippen molar-refractivity contribution < 1.29 is 42.9 Å². The van der Waals surface area contributed by atoms with Crippen LogP contribution in [0.15, 0.2) is 0 Å². The molecule has 10 heteroatoms. The molecule has 2 unspecified atom stereocenters. The second-order valence-corrected chi connectivity index (χ2v) is 5.48. The van der Waals surface area contributed by atoms with E-state index in [1.54, 1.807) is 0 Å². The van der Waals surface area contributed by atoms with Crippen molar-refractivity contribution in [1.82, 2.24) is 0 Å². The van der Waals surface area contributed by atoms with Gasteiger partial charge >= 0.3 is 23.9 Å². The summed E-state index contributed by atoms with van der Waals surface area (Å²) in [6.45, 7) is 4.31. The lowest BCUT2D eigenvalue weighted by Crippen LogP contribution is -2.61. The Labute approximate surface area is 143 Å². The molecule has 0 aliphatic carbocycles. The smallest absolute Gasteiger partial charge is 0.303 e. The predicted octanol–water partition coefficient (Wildman–Crippen LogP) is 0.308. The summed E-state index contributed by atoms with van der Waals surface area (Å²) < 4.78 is 25.6. The Morgan fingerprint density at radius 2 is 1.25 bits per heavy atom. The predicted molar refractivity (Wildman–Crippen MR) is 77.8 cm³/mol. The highest BCUT2D eigenvalue weighted by Crippen LogP contribution is 2.30. The van der Waals surface area contributed by atoms with Gasteiger partial charge in [0.05, 0.1) is 0 Å². The van der Waals surface area contributed by atoms with E-state index in [1.807, 2.05) is 0 Å². The summed E-state index contributed by atoms with van der Waals surface area (Å²) >= 11 is 6.05. The summed E-state index contributed by atoms with van der Waals surface area (Å²) in [5.41, 5.74) is -1.20.